The first kappa shape index (κ1) is 23.2. The smallest absolute Gasteiger partial charge is 0.193 e. The molecule has 3 rings (SSSR count). The van der Waals surface area contributed by atoms with Crippen LogP contribution in [-0.2, 0) is 0 Å². The first-order valence-electron chi connectivity index (χ1n) is 11.2. The highest BCUT2D eigenvalue weighted by Gasteiger charge is 2.35. The number of guanidine groups is 1. The van der Waals surface area contributed by atoms with Crippen molar-refractivity contribution in [2.45, 2.75) is 46.5 Å². The van der Waals surface area contributed by atoms with Gasteiger partial charge in [0, 0.05) is 58.9 Å². The third kappa shape index (κ3) is 6.74. The van der Waals surface area contributed by atoms with E-state index in [1.54, 1.807) is 0 Å². The van der Waals surface area contributed by atoms with Gasteiger partial charge in [-0.15, -0.1) is 24.0 Å². The number of halogens is 1. The third-order valence-corrected chi connectivity index (χ3v) is 6.65. The molecular weight excluding hydrogens is 449 g/mol. The number of nitrogens with zero attached hydrogens (tertiary/aromatic N) is 4. The molecule has 3 aliphatic rings. The third-order valence-electron chi connectivity index (χ3n) is 6.65. The molecule has 6 heteroatoms. The highest BCUT2D eigenvalue weighted by molar-refractivity contribution is 14.0. The molecule has 5 nitrogen and oxygen atoms in total. The van der Waals surface area contributed by atoms with Crippen molar-refractivity contribution in [2.24, 2.45) is 22.7 Å². The maximum absolute atomic E-state index is 5.04. The Morgan fingerprint density at radius 3 is 2.15 bits per heavy atom. The molecule has 3 fully saturated rings. The van der Waals surface area contributed by atoms with E-state index < -0.39 is 0 Å². The lowest BCUT2D eigenvalue weighted by molar-refractivity contribution is 0.125. The van der Waals surface area contributed by atoms with Crippen LogP contribution in [0, 0.1) is 17.8 Å². The van der Waals surface area contributed by atoms with Crippen LogP contribution >= 0.6 is 24.0 Å². The second-order valence-electron chi connectivity index (χ2n) is 8.74. The summed E-state index contributed by atoms with van der Waals surface area (Å²) >= 11 is 0. The lowest BCUT2D eigenvalue weighted by atomic mass is 9.82. The van der Waals surface area contributed by atoms with Gasteiger partial charge in [0.15, 0.2) is 5.96 Å². The van der Waals surface area contributed by atoms with E-state index >= 15 is 0 Å². The van der Waals surface area contributed by atoms with E-state index in [1.165, 1.54) is 84.0 Å². The summed E-state index contributed by atoms with van der Waals surface area (Å²) < 4.78 is 0. The Morgan fingerprint density at radius 1 is 1.00 bits per heavy atom. The fourth-order valence-electron chi connectivity index (χ4n) is 5.03. The molecule has 0 aromatic rings. The Kier molecular flexibility index (Phi) is 10.1. The molecule has 1 saturated carbocycles. The van der Waals surface area contributed by atoms with Crippen molar-refractivity contribution < 1.29 is 0 Å². The van der Waals surface area contributed by atoms with Gasteiger partial charge < -0.3 is 20.0 Å². The average molecular weight is 492 g/mol. The van der Waals surface area contributed by atoms with Gasteiger partial charge in [-0.25, -0.2) is 0 Å². The zero-order chi connectivity index (χ0) is 18.4. The molecule has 1 N–H and O–H groups in total. The predicted molar refractivity (Wildman–Crippen MR) is 126 cm³/mol. The molecule has 158 valence electrons. The van der Waals surface area contributed by atoms with Crippen molar-refractivity contribution >= 4 is 29.9 Å². The quantitative estimate of drug-likeness (QED) is 0.352. The summed E-state index contributed by atoms with van der Waals surface area (Å²) in [7, 11) is 0. The van der Waals surface area contributed by atoms with Crippen LogP contribution < -0.4 is 5.32 Å². The highest BCUT2D eigenvalue weighted by Crippen LogP contribution is 2.35. The summed E-state index contributed by atoms with van der Waals surface area (Å²) in [5.74, 6) is 3.63. The van der Waals surface area contributed by atoms with Crippen molar-refractivity contribution in [3.8, 4) is 0 Å². The van der Waals surface area contributed by atoms with E-state index in [-0.39, 0.29) is 24.0 Å². The Morgan fingerprint density at radius 2 is 1.59 bits per heavy atom. The fraction of sp³-hybridized carbons (Fsp3) is 0.952. The summed E-state index contributed by atoms with van der Waals surface area (Å²) in [5.41, 5.74) is 0. The topological polar surface area (TPSA) is 34.1 Å². The molecule has 2 saturated heterocycles. The van der Waals surface area contributed by atoms with Gasteiger partial charge >= 0.3 is 0 Å². The van der Waals surface area contributed by atoms with E-state index in [0.717, 1.165) is 24.9 Å². The van der Waals surface area contributed by atoms with Crippen molar-refractivity contribution in [1.29, 1.82) is 0 Å². The van der Waals surface area contributed by atoms with E-state index in [2.05, 4.69) is 40.8 Å². The summed E-state index contributed by atoms with van der Waals surface area (Å²) in [6.07, 6.45) is 5.73. The zero-order valence-corrected chi connectivity index (χ0v) is 20.2. The molecular formula is C21H42IN5. The second-order valence-corrected chi connectivity index (χ2v) is 8.74. The van der Waals surface area contributed by atoms with Gasteiger partial charge in [0.2, 0.25) is 0 Å². The molecule has 0 spiro atoms. The maximum atomic E-state index is 5.04. The number of hydrogen-bond donors (Lipinski definition) is 1. The molecule has 0 aromatic heterocycles. The van der Waals surface area contributed by atoms with Crippen LogP contribution in [0.25, 0.3) is 0 Å². The Labute approximate surface area is 184 Å². The SMILES string of the molecule is CCNC(=NCC(C)CN1CCN(CC)CC1)N1CC2CCCCC2C1.I. The van der Waals surface area contributed by atoms with Gasteiger partial charge in [0.25, 0.3) is 0 Å². The van der Waals surface area contributed by atoms with Crippen LogP contribution in [0.5, 0.6) is 0 Å². The Balaban J connectivity index is 0.00000261. The number of aliphatic imine (C=N–C) groups is 1. The maximum Gasteiger partial charge on any atom is 0.193 e. The second kappa shape index (κ2) is 11.8. The lowest BCUT2D eigenvalue weighted by Gasteiger charge is -2.35. The minimum absolute atomic E-state index is 0. The summed E-state index contributed by atoms with van der Waals surface area (Å²) in [6, 6.07) is 0. The van der Waals surface area contributed by atoms with Crippen molar-refractivity contribution in [1.82, 2.24) is 20.0 Å². The largest absolute Gasteiger partial charge is 0.357 e. The van der Waals surface area contributed by atoms with Crippen LogP contribution in [-0.4, -0.2) is 86.1 Å². The molecule has 0 radical (unpaired) electrons. The number of fused-ring (bicyclic) bond motifs is 1. The van der Waals surface area contributed by atoms with Crippen molar-refractivity contribution in [3.63, 3.8) is 0 Å². The fourth-order valence-corrected chi connectivity index (χ4v) is 5.03. The summed E-state index contributed by atoms with van der Waals surface area (Å²) in [4.78, 5) is 12.8. The highest BCUT2D eigenvalue weighted by atomic mass is 127. The van der Waals surface area contributed by atoms with Crippen LogP contribution in [0.1, 0.15) is 46.5 Å². The molecule has 3 atom stereocenters. The van der Waals surface area contributed by atoms with Crippen LogP contribution in [0.4, 0.5) is 0 Å². The standard InChI is InChI=1S/C21H41N5.HI/c1-4-22-21(26-16-19-8-6-7-9-20(19)17-26)23-14-18(3)15-25-12-10-24(5-2)11-13-25;/h18-20H,4-17H2,1-3H3,(H,22,23);1H. The van der Waals surface area contributed by atoms with Crippen molar-refractivity contribution in [2.75, 3.05) is 65.4 Å². The summed E-state index contributed by atoms with van der Waals surface area (Å²) in [6.45, 7) is 18.5. The van der Waals surface area contributed by atoms with E-state index in [4.69, 9.17) is 4.99 Å². The predicted octanol–water partition coefficient (Wildman–Crippen LogP) is 2.97. The Bertz CT molecular complexity index is 436. The number of likely N-dealkylation sites (tertiary alicyclic amines) is 1. The molecule has 0 bridgehead atoms. The van der Waals surface area contributed by atoms with Crippen LogP contribution in [0.2, 0.25) is 0 Å². The zero-order valence-electron chi connectivity index (χ0n) is 17.8. The first-order chi connectivity index (χ1) is 12.7. The van der Waals surface area contributed by atoms with Crippen LogP contribution in [0.15, 0.2) is 4.99 Å². The molecule has 1 aliphatic carbocycles. The average Bonchev–Trinajstić information content (AvgIpc) is 3.09. The number of piperazine rings is 1. The van der Waals surface area contributed by atoms with Crippen LogP contribution in [0.3, 0.4) is 0 Å². The number of hydrogen-bond acceptors (Lipinski definition) is 3. The number of rotatable bonds is 6. The molecule has 2 aliphatic heterocycles. The van der Waals surface area contributed by atoms with Gasteiger partial charge in [0.1, 0.15) is 0 Å². The Hall–Kier alpha value is -0.0800. The minimum atomic E-state index is 0. The molecule has 27 heavy (non-hydrogen) atoms. The van der Waals surface area contributed by atoms with E-state index in [1.807, 2.05) is 0 Å². The minimum Gasteiger partial charge on any atom is -0.357 e. The molecule has 3 unspecified atom stereocenters. The van der Waals surface area contributed by atoms with Gasteiger partial charge in [-0.3, -0.25) is 4.99 Å². The molecule has 0 amide bonds. The normalized spacial score (nSPS) is 28.6. The van der Waals surface area contributed by atoms with Gasteiger partial charge in [-0.05, 0) is 44.1 Å². The molecule has 0 aromatic carbocycles. The monoisotopic (exact) mass is 491 g/mol. The van der Waals surface area contributed by atoms with Crippen molar-refractivity contribution in [3.05, 3.63) is 0 Å². The van der Waals surface area contributed by atoms with E-state index in [9.17, 15) is 0 Å². The van der Waals surface area contributed by atoms with Gasteiger partial charge in [0.05, 0.1) is 0 Å². The lowest BCUT2D eigenvalue weighted by Crippen LogP contribution is -2.47. The number of nitrogens with one attached hydrogen (secondary N) is 1. The van der Waals surface area contributed by atoms with Gasteiger partial charge in [-0.2, -0.15) is 0 Å². The van der Waals surface area contributed by atoms with E-state index in [0.29, 0.717) is 5.92 Å². The first-order valence-corrected chi connectivity index (χ1v) is 11.2. The number of likely N-dealkylation sites (N-methyl/N-ethyl adjacent to an activating group) is 1. The summed E-state index contributed by atoms with van der Waals surface area (Å²) in [5, 5.41) is 3.56. The van der Waals surface area contributed by atoms with Gasteiger partial charge in [-0.1, -0.05) is 26.7 Å². The molecule has 2 heterocycles.